The van der Waals surface area contributed by atoms with Gasteiger partial charge in [-0.15, -0.1) is 0 Å². The highest BCUT2D eigenvalue weighted by Crippen LogP contribution is 2.30. The standard InChI is InChI=1S/C22H24N4O4S/c1-15-6-4-7-18(12-15)22-23-21(30-24-22)14-25(3)31(28,29)19-9-10-20-17(13-19)8-5-11-26(20)16(2)27/h4,6-7,9-10,12-13H,5,8,11,14H2,1-3H3. The van der Waals surface area contributed by atoms with Crippen LogP contribution >= 0.6 is 0 Å². The van der Waals surface area contributed by atoms with Gasteiger partial charge in [-0.3, -0.25) is 4.79 Å². The molecule has 0 saturated carbocycles. The number of amides is 1. The van der Waals surface area contributed by atoms with Crippen LogP contribution in [-0.2, 0) is 27.8 Å². The van der Waals surface area contributed by atoms with Gasteiger partial charge >= 0.3 is 0 Å². The van der Waals surface area contributed by atoms with Crippen LogP contribution in [-0.4, -0.2) is 42.4 Å². The van der Waals surface area contributed by atoms with Crippen molar-refractivity contribution in [2.75, 3.05) is 18.5 Å². The van der Waals surface area contributed by atoms with Crippen molar-refractivity contribution in [3.8, 4) is 11.4 Å². The molecule has 0 N–H and O–H groups in total. The van der Waals surface area contributed by atoms with Gasteiger partial charge < -0.3 is 9.42 Å². The zero-order valence-corrected chi connectivity index (χ0v) is 18.5. The molecule has 162 valence electrons. The Kier molecular flexibility index (Phi) is 5.63. The van der Waals surface area contributed by atoms with Gasteiger partial charge in [-0.2, -0.15) is 9.29 Å². The van der Waals surface area contributed by atoms with Crippen molar-refractivity contribution in [2.45, 2.75) is 38.1 Å². The first-order valence-electron chi connectivity index (χ1n) is 10.0. The van der Waals surface area contributed by atoms with Gasteiger partial charge in [-0.1, -0.05) is 28.9 Å². The van der Waals surface area contributed by atoms with Crippen molar-refractivity contribution in [2.24, 2.45) is 0 Å². The third-order valence-corrected chi connectivity index (χ3v) is 7.16. The predicted molar refractivity (Wildman–Crippen MR) is 116 cm³/mol. The number of aryl methyl sites for hydroxylation is 2. The maximum atomic E-state index is 13.1. The molecular formula is C22H24N4O4S. The number of hydrogen-bond donors (Lipinski definition) is 0. The Morgan fingerprint density at radius 1 is 1.23 bits per heavy atom. The summed E-state index contributed by atoms with van der Waals surface area (Å²) < 4.78 is 32.7. The van der Waals surface area contributed by atoms with Gasteiger partial charge in [0.2, 0.25) is 27.6 Å². The van der Waals surface area contributed by atoms with E-state index in [0.717, 1.165) is 35.2 Å². The topological polar surface area (TPSA) is 96.6 Å². The molecule has 2 heterocycles. The summed E-state index contributed by atoms with van der Waals surface area (Å²) in [6.07, 6.45) is 1.53. The van der Waals surface area contributed by atoms with Crippen molar-refractivity contribution in [3.63, 3.8) is 0 Å². The quantitative estimate of drug-likeness (QED) is 0.605. The summed E-state index contributed by atoms with van der Waals surface area (Å²) in [7, 11) is -2.29. The Bertz CT molecular complexity index is 1240. The second kappa shape index (κ2) is 8.24. The molecule has 0 spiro atoms. The fraction of sp³-hybridized carbons (Fsp3) is 0.318. The molecule has 1 aliphatic heterocycles. The van der Waals surface area contributed by atoms with E-state index in [9.17, 15) is 13.2 Å². The SMILES string of the molecule is CC(=O)N1CCCc2cc(S(=O)(=O)N(C)Cc3nc(-c4cccc(C)c4)no3)ccc21. The summed E-state index contributed by atoms with van der Waals surface area (Å²) in [6, 6.07) is 12.6. The lowest BCUT2D eigenvalue weighted by atomic mass is 10.0. The summed E-state index contributed by atoms with van der Waals surface area (Å²) in [5, 5.41) is 3.97. The smallest absolute Gasteiger partial charge is 0.243 e. The van der Waals surface area contributed by atoms with Crippen LogP contribution in [0.4, 0.5) is 5.69 Å². The van der Waals surface area contributed by atoms with E-state index in [0.29, 0.717) is 12.4 Å². The van der Waals surface area contributed by atoms with Crippen molar-refractivity contribution in [1.29, 1.82) is 0 Å². The van der Waals surface area contributed by atoms with E-state index in [-0.39, 0.29) is 23.2 Å². The van der Waals surface area contributed by atoms with Gasteiger partial charge in [0.15, 0.2) is 0 Å². The van der Waals surface area contributed by atoms with E-state index in [1.807, 2.05) is 31.2 Å². The average molecular weight is 441 g/mol. The van der Waals surface area contributed by atoms with E-state index in [1.165, 1.54) is 24.3 Å². The Morgan fingerprint density at radius 2 is 2.03 bits per heavy atom. The van der Waals surface area contributed by atoms with Gasteiger partial charge in [-0.05, 0) is 49.6 Å². The zero-order valence-electron chi connectivity index (χ0n) is 17.7. The van der Waals surface area contributed by atoms with Crippen molar-refractivity contribution in [3.05, 3.63) is 59.5 Å². The third-order valence-electron chi connectivity index (χ3n) is 5.36. The van der Waals surface area contributed by atoms with Crippen molar-refractivity contribution >= 4 is 21.6 Å². The van der Waals surface area contributed by atoms with Gasteiger partial charge in [0, 0.05) is 31.8 Å². The Morgan fingerprint density at radius 3 is 2.77 bits per heavy atom. The van der Waals surface area contributed by atoms with Crippen LogP contribution in [0.3, 0.4) is 0 Å². The minimum atomic E-state index is -3.77. The molecule has 1 aromatic heterocycles. The maximum Gasteiger partial charge on any atom is 0.243 e. The second-order valence-electron chi connectivity index (χ2n) is 7.71. The van der Waals surface area contributed by atoms with Crippen LogP contribution in [0.1, 0.15) is 30.4 Å². The molecule has 2 aromatic carbocycles. The highest BCUT2D eigenvalue weighted by molar-refractivity contribution is 7.89. The molecule has 1 aliphatic rings. The van der Waals surface area contributed by atoms with E-state index >= 15 is 0 Å². The number of anilines is 1. The summed E-state index contributed by atoms with van der Waals surface area (Å²) >= 11 is 0. The van der Waals surface area contributed by atoms with Gasteiger partial charge in [-0.25, -0.2) is 8.42 Å². The largest absolute Gasteiger partial charge is 0.338 e. The van der Waals surface area contributed by atoms with E-state index in [2.05, 4.69) is 10.1 Å². The van der Waals surface area contributed by atoms with Gasteiger partial charge in [0.05, 0.1) is 11.4 Å². The highest BCUT2D eigenvalue weighted by Gasteiger charge is 2.27. The first-order chi connectivity index (χ1) is 14.8. The molecule has 3 aromatic rings. The molecule has 0 aliphatic carbocycles. The van der Waals surface area contributed by atoms with Crippen LogP contribution in [0.25, 0.3) is 11.4 Å². The first-order valence-corrected chi connectivity index (χ1v) is 11.5. The molecule has 0 saturated heterocycles. The van der Waals surface area contributed by atoms with Crippen LogP contribution < -0.4 is 4.90 Å². The van der Waals surface area contributed by atoms with Gasteiger partial charge in [0.1, 0.15) is 0 Å². The molecule has 4 rings (SSSR count). The summed E-state index contributed by atoms with van der Waals surface area (Å²) in [5.41, 5.74) is 3.51. The lowest BCUT2D eigenvalue weighted by Gasteiger charge is -2.29. The highest BCUT2D eigenvalue weighted by atomic mass is 32.2. The zero-order chi connectivity index (χ0) is 22.2. The van der Waals surface area contributed by atoms with Crippen molar-refractivity contribution < 1.29 is 17.7 Å². The lowest BCUT2D eigenvalue weighted by molar-refractivity contribution is -0.116. The number of rotatable bonds is 5. The molecule has 0 fully saturated rings. The molecular weight excluding hydrogens is 416 g/mol. The van der Waals surface area contributed by atoms with Gasteiger partial charge in [0.25, 0.3) is 0 Å². The number of carbonyl (C=O) groups excluding carboxylic acids is 1. The van der Waals surface area contributed by atoms with Crippen molar-refractivity contribution in [1.82, 2.24) is 14.4 Å². The summed E-state index contributed by atoms with van der Waals surface area (Å²) in [5.74, 6) is 0.584. The molecule has 0 unspecified atom stereocenters. The minimum Gasteiger partial charge on any atom is -0.338 e. The number of sulfonamides is 1. The Balaban J connectivity index is 1.55. The predicted octanol–water partition coefficient (Wildman–Crippen LogP) is 3.16. The molecule has 1 amide bonds. The van der Waals surface area contributed by atoms with E-state index in [1.54, 1.807) is 17.0 Å². The summed E-state index contributed by atoms with van der Waals surface area (Å²) in [6.45, 7) is 4.09. The summed E-state index contributed by atoms with van der Waals surface area (Å²) in [4.78, 5) is 18.1. The number of carbonyl (C=O) groups is 1. The monoisotopic (exact) mass is 440 g/mol. The number of fused-ring (bicyclic) bond motifs is 1. The average Bonchev–Trinajstić information content (AvgIpc) is 3.21. The normalized spacial score (nSPS) is 14.0. The van der Waals surface area contributed by atoms with E-state index < -0.39 is 10.0 Å². The minimum absolute atomic E-state index is 0.0438. The third kappa shape index (κ3) is 4.24. The van der Waals surface area contributed by atoms with Crippen LogP contribution in [0, 0.1) is 6.92 Å². The molecule has 0 radical (unpaired) electrons. The van der Waals surface area contributed by atoms with Crippen LogP contribution in [0.2, 0.25) is 0 Å². The molecule has 0 atom stereocenters. The second-order valence-corrected chi connectivity index (χ2v) is 9.75. The number of nitrogens with zero attached hydrogens (tertiary/aromatic N) is 4. The molecule has 31 heavy (non-hydrogen) atoms. The van der Waals surface area contributed by atoms with E-state index in [4.69, 9.17) is 4.52 Å². The molecule has 8 nitrogen and oxygen atoms in total. The molecule has 0 bridgehead atoms. The number of aromatic nitrogens is 2. The lowest BCUT2D eigenvalue weighted by Crippen LogP contribution is -2.34. The maximum absolute atomic E-state index is 13.1. The molecule has 9 heteroatoms. The first kappa shape index (κ1) is 21.2. The Hall–Kier alpha value is -3.04. The van der Waals surface area contributed by atoms with Crippen LogP contribution in [0.5, 0.6) is 0 Å². The number of hydrogen-bond acceptors (Lipinski definition) is 6. The van der Waals surface area contributed by atoms with Crippen LogP contribution in [0.15, 0.2) is 51.9 Å². The fourth-order valence-electron chi connectivity index (χ4n) is 3.74. The number of benzene rings is 2. The fourth-order valence-corrected chi connectivity index (χ4v) is 4.91. The Labute approximate surface area is 181 Å².